The minimum Gasteiger partial charge on any atom is -0.468 e. The highest BCUT2D eigenvalue weighted by Gasteiger charge is 2.66. The van der Waals surface area contributed by atoms with Crippen molar-refractivity contribution in [1.82, 2.24) is 0 Å². The molecule has 2 aliphatic heterocycles. The van der Waals surface area contributed by atoms with Crippen LogP contribution in [0.2, 0.25) is 0 Å². The first-order valence-corrected chi connectivity index (χ1v) is 21.0. The molecule has 4 saturated carbocycles. The molecule has 2 aromatic rings. The normalized spacial score (nSPS) is 33.9. The zero-order chi connectivity index (χ0) is 40.4. The number of fused-ring (bicyclic) bond motifs is 7. The fourth-order valence-electron chi connectivity index (χ4n) is 13.1. The second-order valence-electron chi connectivity index (χ2n) is 19.2. The summed E-state index contributed by atoms with van der Waals surface area (Å²) in [7, 11) is 0. The van der Waals surface area contributed by atoms with Crippen molar-refractivity contribution in [2.24, 2.45) is 51.8 Å². The van der Waals surface area contributed by atoms with E-state index in [1.807, 2.05) is 0 Å². The van der Waals surface area contributed by atoms with Gasteiger partial charge in [-0.05, 0) is 160 Å². The van der Waals surface area contributed by atoms with Crippen molar-refractivity contribution >= 4 is 23.9 Å². The van der Waals surface area contributed by atoms with Crippen molar-refractivity contribution in [3.63, 3.8) is 0 Å². The third kappa shape index (κ3) is 6.92. The van der Waals surface area contributed by atoms with Gasteiger partial charge in [0.25, 0.3) is 0 Å². The average molecular weight is 783 g/mol. The fourth-order valence-corrected chi connectivity index (χ4v) is 13.1. The first-order chi connectivity index (χ1) is 27.1. The quantitative estimate of drug-likeness (QED) is 0.0890. The predicted molar refractivity (Wildman–Crippen MR) is 211 cm³/mol. The van der Waals surface area contributed by atoms with Crippen LogP contribution in [0.4, 0.5) is 0 Å². The first-order valence-electron chi connectivity index (χ1n) is 21.0. The minimum absolute atomic E-state index is 0.00309. The van der Waals surface area contributed by atoms with Gasteiger partial charge in [-0.15, -0.1) is 0 Å². The number of esters is 4. The van der Waals surface area contributed by atoms with Crippen LogP contribution in [0.3, 0.4) is 0 Å². The summed E-state index contributed by atoms with van der Waals surface area (Å²) in [6, 6.07) is 9.57. The molecule has 10 nitrogen and oxygen atoms in total. The van der Waals surface area contributed by atoms with Gasteiger partial charge in [0.2, 0.25) is 0 Å². The van der Waals surface area contributed by atoms with Gasteiger partial charge in [0.05, 0.1) is 34.5 Å². The number of benzene rings is 2. The maximum absolute atomic E-state index is 12.3. The van der Waals surface area contributed by atoms with Crippen molar-refractivity contribution < 1.29 is 47.6 Å². The Morgan fingerprint density at radius 1 is 0.737 bits per heavy atom. The van der Waals surface area contributed by atoms with E-state index in [2.05, 4.69) is 54.5 Å². The molecule has 0 N–H and O–H groups in total. The molecule has 306 valence electrons. The number of ether oxygens (including phenoxy) is 6. The van der Waals surface area contributed by atoms with Gasteiger partial charge in [0.1, 0.15) is 11.5 Å². The van der Waals surface area contributed by atoms with E-state index >= 15 is 0 Å². The molecule has 0 amide bonds. The maximum atomic E-state index is 12.3. The van der Waals surface area contributed by atoms with E-state index in [-0.39, 0.29) is 64.8 Å². The summed E-state index contributed by atoms with van der Waals surface area (Å²) < 4.78 is 35.2. The van der Waals surface area contributed by atoms with E-state index in [1.54, 1.807) is 30.3 Å². The lowest BCUT2D eigenvalue weighted by molar-refractivity contribution is -0.250. The third-order valence-corrected chi connectivity index (χ3v) is 15.6. The molecule has 0 bridgehead atoms. The van der Waals surface area contributed by atoms with E-state index in [0.29, 0.717) is 40.6 Å². The Bertz CT molecular complexity index is 1980. The predicted octanol–water partition coefficient (Wildman–Crippen LogP) is 9.74. The maximum Gasteiger partial charge on any atom is 0.347 e. The molecule has 2 aromatic carbocycles. The number of carbonyl (C=O) groups is 4. The summed E-state index contributed by atoms with van der Waals surface area (Å²) in [6.07, 6.45) is 12.5. The van der Waals surface area contributed by atoms with Gasteiger partial charge in [-0.1, -0.05) is 46.3 Å². The lowest BCUT2D eigenvalue weighted by Gasteiger charge is -2.66. The number of cyclic esters (lactones) is 4. The van der Waals surface area contributed by atoms with Crippen molar-refractivity contribution in [3.8, 4) is 11.5 Å². The highest BCUT2D eigenvalue weighted by molar-refractivity contribution is 6.15. The van der Waals surface area contributed by atoms with Crippen LogP contribution >= 0.6 is 0 Å². The van der Waals surface area contributed by atoms with Crippen LogP contribution in [0.25, 0.3) is 0 Å². The molecule has 10 heteroatoms. The Balaban J connectivity index is 1.02. The van der Waals surface area contributed by atoms with Crippen molar-refractivity contribution in [1.29, 1.82) is 0 Å². The Morgan fingerprint density at radius 3 is 1.91 bits per heavy atom. The lowest BCUT2D eigenvalue weighted by Crippen LogP contribution is -2.64. The molecule has 10 atom stereocenters. The molecule has 4 aliphatic carbocycles. The zero-order valence-corrected chi connectivity index (χ0v) is 34.5. The standard InChI is InChI=1S/C47H58O10/c1-26(2)9-8-10-27(3)35-15-16-36-34-23-38(54-24-52-28-11-13-30-32(21-28)43(50)56-41(30)48)40-45(4,5)39(18-20-47(40,7)37(34)17-19-46(35,36)6)55-25-53-29-12-14-31-33(22-29)44(51)57-42(31)49/h9,11-14,21-22,27,34-40H,8,10,15-20,23-25H2,1-7H3. The molecule has 0 spiro atoms. The number of allylic oxidation sites excluding steroid dienone is 2. The van der Waals surface area contributed by atoms with Crippen LogP contribution in [0.15, 0.2) is 48.0 Å². The Kier molecular flexibility index (Phi) is 10.5. The summed E-state index contributed by atoms with van der Waals surface area (Å²) in [4.78, 5) is 48.4. The molecule has 57 heavy (non-hydrogen) atoms. The molecule has 4 fully saturated rings. The van der Waals surface area contributed by atoms with Gasteiger partial charge in [-0.3, -0.25) is 0 Å². The topological polar surface area (TPSA) is 124 Å². The fraction of sp³-hybridized carbons (Fsp3) is 0.617. The number of hydrogen-bond donors (Lipinski definition) is 0. The summed E-state index contributed by atoms with van der Waals surface area (Å²) >= 11 is 0. The van der Waals surface area contributed by atoms with Gasteiger partial charge in [0.15, 0.2) is 13.6 Å². The van der Waals surface area contributed by atoms with E-state index in [4.69, 9.17) is 28.4 Å². The molecule has 8 rings (SSSR count). The smallest absolute Gasteiger partial charge is 0.347 e. The van der Waals surface area contributed by atoms with Crippen LogP contribution in [0.1, 0.15) is 148 Å². The van der Waals surface area contributed by atoms with Crippen LogP contribution in [-0.4, -0.2) is 49.7 Å². The van der Waals surface area contributed by atoms with E-state index in [0.717, 1.165) is 31.6 Å². The van der Waals surface area contributed by atoms with Crippen LogP contribution in [-0.2, 0) is 18.9 Å². The Morgan fingerprint density at radius 2 is 1.30 bits per heavy atom. The van der Waals surface area contributed by atoms with E-state index < -0.39 is 23.9 Å². The summed E-state index contributed by atoms with van der Waals surface area (Å²) in [5.41, 5.74) is 2.32. The Labute approximate surface area is 336 Å². The summed E-state index contributed by atoms with van der Waals surface area (Å²) in [5.74, 6) is 1.60. The molecule has 6 aliphatic rings. The van der Waals surface area contributed by atoms with Crippen LogP contribution < -0.4 is 9.47 Å². The van der Waals surface area contributed by atoms with Gasteiger partial charge >= 0.3 is 23.9 Å². The number of hydrogen-bond acceptors (Lipinski definition) is 10. The monoisotopic (exact) mass is 782 g/mol. The van der Waals surface area contributed by atoms with Gasteiger partial charge in [0, 0.05) is 0 Å². The summed E-state index contributed by atoms with van der Waals surface area (Å²) in [6.45, 7) is 16.6. The van der Waals surface area contributed by atoms with E-state index in [9.17, 15) is 19.2 Å². The molecule has 10 unspecified atom stereocenters. The number of carbonyl (C=O) groups excluding carboxylic acids is 4. The average Bonchev–Trinajstić information content (AvgIpc) is 3.76. The van der Waals surface area contributed by atoms with Crippen LogP contribution in [0.5, 0.6) is 11.5 Å². The van der Waals surface area contributed by atoms with Gasteiger partial charge in [-0.2, -0.15) is 0 Å². The van der Waals surface area contributed by atoms with Gasteiger partial charge < -0.3 is 28.4 Å². The molecule has 0 radical (unpaired) electrons. The van der Waals surface area contributed by atoms with Crippen LogP contribution in [0, 0.1) is 51.8 Å². The van der Waals surface area contributed by atoms with Gasteiger partial charge in [-0.25, -0.2) is 19.2 Å². The first kappa shape index (κ1) is 39.8. The molecule has 0 aromatic heterocycles. The van der Waals surface area contributed by atoms with Crippen molar-refractivity contribution in [2.75, 3.05) is 13.6 Å². The SMILES string of the molecule is CC(C)=CCCC(C)C1CCC2C3CC(OCOc4ccc5c(c4)C(=O)OC5=O)C4C(C)(C)C(OCOc5ccc6c(c5)C(=O)OC6=O)CCC4(C)C3CCC12C. The molecular weight excluding hydrogens is 725 g/mol. The molecular formula is C47H58O10. The van der Waals surface area contributed by atoms with E-state index in [1.165, 1.54) is 43.7 Å². The summed E-state index contributed by atoms with van der Waals surface area (Å²) in [5, 5.41) is 0. The third-order valence-electron chi connectivity index (χ3n) is 15.6. The minimum atomic E-state index is -0.668. The highest BCUT2D eigenvalue weighted by atomic mass is 16.7. The second-order valence-corrected chi connectivity index (χ2v) is 19.2. The molecule has 2 heterocycles. The Hall–Kier alpha value is -4.02. The second kappa shape index (κ2) is 15.0. The zero-order valence-electron chi connectivity index (χ0n) is 34.5. The molecule has 0 saturated heterocycles. The highest BCUT2D eigenvalue weighted by Crippen LogP contribution is 2.71. The lowest BCUT2D eigenvalue weighted by atomic mass is 9.40. The largest absolute Gasteiger partial charge is 0.468 e. The number of rotatable bonds is 12. The van der Waals surface area contributed by atoms with Crippen molar-refractivity contribution in [3.05, 3.63) is 70.3 Å². The van der Waals surface area contributed by atoms with Crippen molar-refractivity contribution in [2.45, 2.75) is 118 Å².